The lowest BCUT2D eigenvalue weighted by atomic mass is 9.65. The van der Waals surface area contributed by atoms with Gasteiger partial charge in [0.1, 0.15) is 24.2 Å². The Bertz CT molecular complexity index is 1170. The summed E-state index contributed by atoms with van der Waals surface area (Å²) in [6.07, 6.45) is 5.01. The van der Waals surface area contributed by atoms with Gasteiger partial charge in [-0.1, -0.05) is 63.2 Å². The third kappa shape index (κ3) is 4.68. The van der Waals surface area contributed by atoms with Crippen molar-refractivity contribution in [3.63, 3.8) is 0 Å². The van der Waals surface area contributed by atoms with Crippen molar-refractivity contribution in [3.05, 3.63) is 54.1 Å². The van der Waals surface area contributed by atoms with E-state index in [1.54, 1.807) is 17.0 Å². The molecule has 40 heavy (non-hydrogen) atoms. The van der Waals surface area contributed by atoms with Crippen LogP contribution in [0.1, 0.15) is 52.0 Å². The minimum Gasteiger partial charge on any atom is -0.461 e. The maximum atomic E-state index is 14.8. The number of esters is 1. The van der Waals surface area contributed by atoms with Crippen molar-refractivity contribution in [2.45, 2.75) is 76.7 Å². The van der Waals surface area contributed by atoms with E-state index in [4.69, 9.17) is 21.1 Å². The second-order valence-electron chi connectivity index (χ2n) is 11.6. The Morgan fingerprint density at radius 1 is 1.30 bits per heavy atom. The molecule has 4 rings (SSSR count). The summed E-state index contributed by atoms with van der Waals surface area (Å²) in [6.45, 7) is 15.1. The highest BCUT2D eigenvalue weighted by Crippen LogP contribution is 2.65. The van der Waals surface area contributed by atoms with E-state index in [9.17, 15) is 19.5 Å². The molecule has 1 spiro atoms. The number of rotatable bonds is 12. The lowest BCUT2D eigenvalue weighted by Crippen LogP contribution is -2.59. The Balaban J connectivity index is 1.90. The number of halogens is 1. The van der Waals surface area contributed by atoms with Crippen molar-refractivity contribution in [2.75, 3.05) is 24.7 Å². The Morgan fingerprint density at radius 2 is 2.02 bits per heavy atom. The Kier molecular flexibility index (Phi) is 8.83. The molecule has 3 saturated heterocycles. The molecule has 8 nitrogen and oxygen atoms in total. The standard InChI is InChI=1S/C31H41ClN2O6/c1-7-15-33(25-20(6)11-10-12-22(25)32)28(37)26-31-14-13-30(9-3,40-31)24(29(38)39-16-8-2)23(31)27(36)34(26)21(18-35)17-19(4)5/h7-8,10-12,19,21,23-24,26,35H,1-2,9,13-18H2,3-6H3/t21-,23+,24-,26?,30+,31?/m1/s1. The predicted octanol–water partition coefficient (Wildman–Crippen LogP) is 4.46. The third-order valence-electron chi connectivity index (χ3n) is 8.83. The number of hydrogen-bond donors (Lipinski definition) is 1. The van der Waals surface area contributed by atoms with Crippen LogP contribution in [0.3, 0.4) is 0 Å². The van der Waals surface area contributed by atoms with Crippen LogP contribution in [0.4, 0.5) is 5.69 Å². The average Bonchev–Trinajstić information content (AvgIpc) is 3.53. The summed E-state index contributed by atoms with van der Waals surface area (Å²) >= 11 is 6.63. The highest BCUT2D eigenvalue weighted by molar-refractivity contribution is 6.34. The van der Waals surface area contributed by atoms with Gasteiger partial charge in [-0.3, -0.25) is 14.4 Å². The molecule has 3 fully saturated rings. The van der Waals surface area contributed by atoms with Crippen molar-refractivity contribution >= 4 is 35.1 Å². The van der Waals surface area contributed by atoms with Crippen molar-refractivity contribution in [1.29, 1.82) is 0 Å². The number of fused-ring (bicyclic) bond motifs is 1. The molecular formula is C31H41ClN2O6. The number of para-hydroxylation sites is 1. The predicted molar refractivity (Wildman–Crippen MR) is 154 cm³/mol. The molecule has 0 aromatic heterocycles. The first kappa shape index (κ1) is 30.3. The van der Waals surface area contributed by atoms with Crippen LogP contribution in [0.15, 0.2) is 43.5 Å². The van der Waals surface area contributed by atoms with Gasteiger partial charge in [0.2, 0.25) is 5.91 Å². The van der Waals surface area contributed by atoms with E-state index in [0.29, 0.717) is 36.4 Å². The number of aryl methyl sites for hydroxylation is 1. The summed E-state index contributed by atoms with van der Waals surface area (Å²) in [7, 11) is 0. The highest BCUT2D eigenvalue weighted by Gasteiger charge is 2.79. The molecule has 3 aliphatic rings. The van der Waals surface area contributed by atoms with Crippen molar-refractivity contribution in [1.82, 2.24) is 4.90 Å². The largest absolute Gasteiger partial charge is 0.461 e. The number of aliphatic hydroxyl groups is 1. The lowest BCUT2D eigenvalue weighted by molar-refractivity contribution is -0.161. The summed E-state index contributed by atoms with van der Waals surface area (Å²) in [5.74, 6) is -2.89. The van der Waals surface area contributed by atoms with Gasteiger partial charge >= 0.3 is 5.97 Å². The number of ether oxygens (including phenoxy) is 2. The quantitative estimate of drug-likeness (QED) is 0.293. The van der Waals surface area contributed by atoms with E-state index < -0.39 is 41.1 Å². The fourth-order valence-corrected chi connectivity index (χ4v) is 7.60. The minimum absolute atomic E-state index is 0.0145. The summed E-state index contributed by atoms with van der Waals surface area (Å²) < 4.78 is 12.3. The molecule has 2 bridgehead atoms. The molecular weight excluding hydrogens is 532 g/mol. The van der Waals surface area contributed by atoms with Gasteiger partial charge in [-0.25, -0.2) is 0 Å². The summed E-state index contributed by atoms with van der Waals surface area (Å²) in [5, 5.41) is 10.9. The Hall–Kier alpha value is -2.68. The number of likely N-dealkylation sites (tertiary alicyclic amines) is 1. The monoisotopic (exact) mass is 572 g/mol. The molecule has 0 aliphatic carbocycles. The Morgan fingerprint density at radius 3 is 2.60 bits per heavy atom. The van der Waals surface area contributed by atoms with Crippen LogP contribution in [0.5, 0.6) is 0 Å². The molecule has 6 atom stereocenters. The van der Waals surface area contributed by atoms with Gasteiger partial charge in [-0.2, -0.15) is 0 Å². The summed E-state index contributed by atoms with van der Waals surface area (Å²) in [5.41, 5.74) is -0.841. The van der Waals surface area contributed by atoms with Crippen molar-refractivity contribution < 1.29 is 29.0 Å². The van der Waals surface area contributed by atoms with Crippen LogP contribution in [0.25, 0.3) is 0 Å². The first-order valence-corrected chi connectivity index (χ1v) is 14.5. The maximum Gasteiger partial charge on any atom is 0.313 e. The summed E-state index contributed by atoms with van der Waals surface area (Å²) in [6, 6.07) is 3.70. The van der Waals surface area contributed by atoms with Crippen LogP contribution < -0.4 is 4.90 Å². The van der Waals surface area contributed by atoms with Crippen LogP contribution in [0.2, 0.25) is 5.02 Å². The normalized spacial score (nSPS) is 29.4. The fourth-order valence-electron chi connectivity index (χ4n) is 7.27. The van der Waals surface area contributed by atoms with Crippen LogP contribution >= 0.6 is 11.6 Å². The van der Waals surface area contributed by atoms with Gasteiger partial charge in [0.05, 0.1) is 34.9 Å². The van der Waals surface area contributed by atoms with Gasteiger partial charge in [0.15, 0.2) is 0 Å². The minimum atomic E-state index is -1.25. The van der Waals surface area contributed by atoms with E-state index in [0.717, 1.165) is 5.56 Å². The average molecular weight is 573 g/mol. The third-order valence-corrected chi connectivity index (χ3v) is 9.14. The van der Waals surface area contributed by atoms with E-state index >= 15 is 0 Å². The number of anilines is 1. The second kappa shape index (κ2) is 11.7. The first-order valence-electron chi connectivity index (χ1n) is 14.1. The molecule has 3 heterocycles. The number of nitrogens with zero attached hydrogens (tertiary/aromatic N) is 2. The van der Waals surface area contributed by atoms with Gasteiger partial charge in [-0.05, 0) is 50.2 Å². The SMILES string of the molecule is C=CCOC(=O)[C@H]1[C@H]2C(=O)N([C@@H](CO)CC(C)C)C(C(=O)N(CC=C)c3c(C)cccc3Cl)C23CC[C@]1(CC)O3. The molecule has 1 aromatic rings. The molecule has 218 valence electrons. The maximum absolute atomic E-state index is 14.8. The number of aliphatic hydroxyl groups excluding tert-OH is 1. The van der Waals surface area contributed by atoms with Gasteiger partial charge in [0, 0.05) is 6.54 Å². The molecule has 2 amide bonds. The molecule has 0 radical (unpaired) electrons. The number of carbonyl (C=O) groups is 3. The highest BCUT2D eigenvalue weighted by atomic mass is 35.5. The second-order valence-corrected chi connectivity index (χ2v) is 12.0. The molecule has 1 aromatic carbocycles. The molecule has 0 saturated carbocycles. The van der Waals surface area contributed by atoms with E-state index in [1.807, 2.05) is 39.8 Å². The number of amides is 2. The molecule has 9 heteroatoms. The zero-order valence-electron chi connectivity index (χ0n) is 23.9. The zero-order chi connectivity index (χ0) is 29.4. The van der Waals surface area contributed by atoms with Crippen molar-refractivity contribution in [2.24, 2.45) is 17.8 Å². The van der Waals surface area contributed by atoms with E-state index in [2.05, 4.69) is 13.2 Å². The molecule has 1 N–H and O–H groups in total. The van der Waals surface area contributed by atoms with Gasteiger partial charge < -0.3 is 24.4 Å². The van der Waals surface area contributed by atoms with Crippen LogP contribution in [-0.4, -0.2) is 70.8 Å². The number of hydrogen-bond acceptors (Lipinski definition) is 6. The van der Waals surface area contributed by atoms with Gasteiger partial charge in [0.25, 0.3) is 5.91 Å². The van der Waals surface area contributed by atoms with E-state index in [1.165, 1.54) is 11.0 Å². The van der Waals surface area contributed by atoms with Crippen LogP contribution in [0, 0.1) is 24.7 Å². The smallest absolute Gasteiger partial charge is 0.313 e. The first-order chi connectivity index (χ1) is 19.0. The van der Waals surface area contributed by atoms with E-state index in [-0.39, 0.29) is 37.5 Å². The van der Waals surface area contributed by atoms with Crippen molar-refractivity contribution in [3.8, 4) is 0 Å². The van der Waals surface area contributed by atoms with Crippen LogP contribution in [-0.2, 0) is 23.9 Å². The topological polar surface area (TPSA) is 96.4 Å². The number of carbonyl (C=O) groups excluding carboxylic acids is 3. The molecule has 3 aliphatic heterocycles. The zero-order valence-corrected chi connectivity index (χ0v) is 24.7. The lowest BCUT2D eigenvalue weighted by Gasteiger charge is -2.40. The Labute approximate surface area is 241 Å². The fraction of sp³-hybridized carbons (Fsp3) is 0.581. The van der Waals surface area contributed by atoms with Gasteiger partial charge in [-0.15, -0.1) is 6.58 Å². The molecule has 2 unspecified atom stereocenters. The number of benzene rings is 1. The summed E-state index contributed by atoms with van der Waals surface area (Å²) in [4.78, 5) is 45.8.